The van der Waals surface area contributed by atoms with Gasteiger partial charge in [-0.1, -0.05) is 0 Å². The average molecular weight is 324 g/mol. The molecule has 4 heterocycles. The lowest BCUT2D eigenvalue weighted by Crippen LogP contribution is -2.31. The monoisotopic (exact) mass is 324 g/mol. The van der Waals surface area contributed by atoms with Gasteiger partial charge in [0.2, 0.25) is 11.9 Å². The van der Waals surface area contributed by atoms with E-state index in [0.29, 0.717) is 0 Å². The Balaban J connectivity index is 1.61. The molecule has 2 fully saturated rings. The first-order chi connectivity index (χ1) is 11.8. The number of piperidine rings is 1. The second kappa shape index (κ2) is 6.71. The van der Waals surface area contributed by atoms with Crippen molar-refractivity contribution < 1.29 is 0 Å². The molecule has 0 bridgehead atoms. The second-order valence-corrected chi connectivity index (χ2v) is 6.65. The van der Waals surface area contributed by atoms with Gasteiger partial charge in [-0.05, 0) is 45.1 Å². The van der Waals surface area contributed by atoms with Gasteiger partial charge >= 0.3 is 0 Å². The molecule has 6 heteroatoms. The van der Waals surface area contributed by atoms with Crippen molar-refractivity contribution in [3.05, 3.63) is 24.2 Å². The molecule has 0 saturated carbocycles. The Hall–Kier alpha value is -2.24. The van der Waals surface area contributed by atoms with Crippen molar-refractivity contribution in [3.63, 3.8) is 0 Å². The Bertz CT molecular complexity index is 704. The highest BCUT2D eigenvalue weighted by atomic mass is 15.3. The maximum Gasteiger partial charge on any atom is 0.225 e. The predicted molar refractivity (Wildman–Crippen MR) is 95.3 cm³/mol. The first-order valence-electron chi connectivity index (χ1n) is 8.98. The molecule has 4 rings (SSSR count). The molecule has 2 aliphatic heterocycles. The van der Waals surface area contributed by atoms with Crippen LogP contribution in [0.3, 0.4) is 0 Å². The highest BCUT2D eigenvalue weighted by Crippen LogP contribution is 2.24. The zero-order valence-corrected chi connectivity index (χ0v) is 14.3. The average Bonchev–Trinajstić information content (AvgIpc) is 3.17. The van der Waals surface area contributed by atoms with Gasteiger partial charge in [-0.3, -0.25) is 0 Å². The summed E-state index contributed by atoms with van der Waals surface area (Å²) in [6.07, 6.45) is 9.98. The van der Waals surface area contributed by atoms with E-state index in [4.69, 9.17) is 9.97 Å². The molecule has 2 aliphatic rings. The number of nitrogens with zero attached hydrogens (tertiary/aromatic N) is 6. The fourth-order valence-electron chi connectivity index (χ4n) is 3.52. The molecular weight excluding hydrogens is 300 g/mol. The molecule has 2 aromatic rings. The van der Waals surface area contributed by atoms with Gasteiger partial charge in [0.1, 0.15) is 0 Å². The van der Waals surface area contributed by atoms with Crippen molar-refractivity contribution in [2.75, 3.05) is 36.0 Å². The van der Waals surface area contributed by atoms with Crippen LogP contribution in [0.4, 0.5) is 11.9 Å². The maximum atomic E-state index is 4.78. The fraction of sp³-hybridized carbons (Fsp3) is 0.556. The molecular formula is C18H24N6. The minimum atomic E-state index is 0.829. The number of aromatic nitrogens is 4. The van der Waals surface area contributed by atoms with Crippen LogP contribution >= 0.6 is 0 Å². The van der Waals surface area contributed by atoms with Crippen molar-refractivity contribution in [2.24, 2.45) is 0 Å². The molecule has 2 aromatic heterocycles. The zero-order valence-electron chi connectivity index (χ0n) is 14.3. The number of hydrogen-bond acceptors (Lipinski definition) is 6. The van der Waals surface area contributed by atoms with E-state index in [-0.39, 0.29) is 0 Å². The van der Waals surface area contributed by atoms with E-state index >= 15 is 0 Å². The maximum absolute atomic E-state index is 4.78. The third kappa shape index (κ3) is 3.05. The summed E-state index contributed by atoms with van der Waals surface area (Å²) >= 11 is 0. The summed E-state index contributed by atoms with van der Waals surface area (Å²) in [7, 11) is 0. The van der Waals surface area contributed by atoms with Gasteiger partial charge in [-0.25, -0.2) is 19.9 Å². The summed E-state index contributed by atoms with van der Waals surface area (Å²) in [5, 5.41) is 0. The molecule has 0 N–H and O–H groups in total. The summed E-state index contributed by atoms with van der Waals surface area (Å²) in [5.74, 6) is 1.68. The lowest BCUT2D eigenvalue weighted by molar-refractivity contribution is 0.568. The Morgan fingerprint density at radius 2 is 1.42 bits per heavy atom. The normalized spacial score (nSPS) is 18.2. The Kier molecular flexibility index (Phi) is 4.28. The van der Waals surface area contributed by atoms with Crippen LogP contribution in [-0.4, -0.2) is 46.1 Å². The Morgan fingerprint density at radius 1 is 0.792 bits per heavy atom. The molecule has 0 aliphatic carbocycles. The number of rotatable bonds is 3. The van der Waals surface area contributed by atoms with Crippen LogP contribution in [0.25, 0.3) is 11.3 Å². The van der Waals surface area contributed by atoms with Crippen LogP contribution in [0.15, 0.2) is 18.5 Å². The standard InChI is InChI=1S/C18H24N6/c1-14-15(13-20-18(21-14)24-11-5-6-12-24)16-7-8-19-17(22-16)23-9-3-2-4-10-23/h7-8,13H,2-6,9-12H2,1H3. The van der Waals surface area contributed by atoms with Crippen molar-refractivity contribution in [2.45, 2.75) is 39.0 Å². The molecule has 0 atom stereocenters. The van der Waals surface area contributed by atoms with Crippen molar-refractivity contribution in [3.8, 4) is 11.3 Å². The van der Waals surface area contributed by atoms with Gasteiger partial charge in [-0.2, -0.15) is 0 Å². The largest absolute Gasteiger partial charge is 0.341 e. The number of aryl methyl sites for hydroxylation is 1. The van der Waals surface area contributed by atoms with E-state index in [1.165, 1.54) is 32.1 Å². The summed E-state index contributed by atoms with van der Waals surface area (Å²) in [4.78, 5) is 23.1. The highest BCUT2D eigenvalue weighted by molar-refractivity contribution is 5.62. The minimum absolute atomic E-state index is 0.829. The molecule has 0 unspecified atom stereocenters. The van der Waals surface area contributed by atoms with Gasteiger partial charge in [0.05, 0.1) is 11.4 Å². The SMILES string of the molecule is Cc1nc(N2CCCC2)ncc1-c1ccnc(N2CCCCC2)n1. The number of hydrogen-bond donors (Lipinski definition) is 0. The van der Waals surface area contributed by atoms with E-state index in [9.17, 15) is 0 Å². The molecule has 0 spiro atoms. The summed E-state index contributed by atoms with van der Waals surface area (Å²) in [6, 6.07) is 1.95. The van der Waals surface area contributed by atoms with Gasteiger partial charge in [0.15, 0.2) is 0 Å². The van der Waals surface area contributed by atoms with E-state index in [1.54, 1.807) is 0 Å². The van der Waals surface area contributed by atoms with Crippen LogP contribution in [0.2, 0.25) is 0 Å². The molecule has 0 amide bonds. The van der Waals surface area contributed by atoms with Gasteiger partial charge in [0, 0.05) is 44.1 Å². The summed E-state index contributed by atoms with van der Waals surface area (Å²) in [6.45, 7) is 6.26. The van der Waals surface area contributed by atoms with Gasteiger partial charge in [0.25, 0.3) is 0 Å². The first kappa shape index (κ1) is 15.3. The first-order valence-corrected chi connectivity index (χ1v) is 8.98. The number of anilines is 2. The van der Waals surface area contributed by atoms with Gasteiger partial charge in [-0.15, -0.1) is 0 Å². The van der Waals surface area contributed by atoms with E-state index in [2.05, 4.69) is 19.8 Å². The quantitative estimate of drug-likeness (QED) is 0.865. The van der Waals surface area contributed by atoms with Crippen molar-refractivity contribution in [1.29, 1.82) is 0 Å². The molecule has 126 valence electrons. The van der Waals surface area contributed by atoms with Gasteiger partial charge < -0.3 is 9.80 Å². The molecule has 0 radical (unpaired) electrons. The van der Waals surface area contributed by atoms with Crippen LogP contribution in [0.5, 0.6) is 0 Å². The van der Waals surface area contributed by atoms with Crippen LogP contribution in [-0.2, 0) is 0 Å². The van der Waals surface area contributed by atoms with E-state index in [1.807, 2.05) is 25.4 Å². The smallest absolute Gasteiger partial charge is 0.225 e. The Morgan fingerprint density at radius 3 is 2.08 bits per heavy atom. The molecule has 0 aromatic carbocycles. The van der Waals surface area contributed by atoms with E-state index < -0.39 is 0 Å². The Labute approximate surface area is 143 Å². The highest BCUT2D eigenvalue weighted by Gasteiger charge is 2.18. The van der Waals surface area contributed by atoms with E-state index in [0.717, 1.165) is 55.0 Å². The van der Waals surface area contributed by atoms with Crippen molar-refractivity contribution >= 4 is 11.9 Å². The molecule has 2 saturated heterocycles. The third-order valence-electron chi connectivity index (χ3n) is 4.91. The second-order valence-electron chi connectivity index (χ2n) is 6.65. The molecule has 6 nitrogen and oxygen atoms in total. The lowest BCUT2D eigenvalue weighted by Gasteiger charge is -2.26. The predicted octanol–water partition coefficient (Wildman–Crippen LogP) is 2.83. The van der Waals surface area contributed by atoms with Crippen molar-refractivity contribution in [1.82, 2.24) is 19.9 Å². The fourth-order valence-corrected chi connectivity index (χ4v) is 3.52. The topological polar surface area (TPSA) is 58.0 Å². The minimum Gasteiger partial charge on any atom is -0.341 e. The summed E-state index contributed by atoms with van der Waals surface area (Å²) < 4.78 is 0. The molecule has 24 heavy (non-hydrogen) atoms. The van der Waals surface area contributed by atoms with Crippen LogP contribution < -0.4 is 9.80 Å². The van der Waals surface area contributed by atoms with Crippen LogP contribution in [0, 0.1) is 6.92 Å². The third-order valence-corrected chi connectivity index (χ3v) is 4.91. The lowest BCUT2D eigenvalue weighted by atomic mass is 10.1. The zero-order chi connectivity index (χ0) is 16.4. The summed E-state index contributed by atoms with van der Waals surface area (Å²) in [5.41, 5.74) is 2.89. The van der Waals surface area contributed by atoms with Crippen LogP contribution in [0.1, 0.15) is 37.8 Å².